The highest BCUT2D eigenvalue weighted by Gasteiger charge is 2.15. The first-order valence-corrected chi connectivity index (χ1v) is 7.08. The summed E-state index contributed by atoms with van der Waals surface area (Å²) in [4.78, 5) is 0. The Hall–Kier alpha value is -2.20. The quantitative estimate of drug-likeness (QED) is 0.918. The van der Waals surface area contributed by atoms with Crippen LogP contribution in [-0.4, -0.2) is 24.9 Å². The molecule has 1 aliphatic rings. The SMILES string of the molecule is OC(CCOc1ccccc1)c1ccc2c(c1)OCCO2. The van der Waals surface area contributed by atoms with Crippen LogP contribution in [0, 0.1) is 0 Å². The summed E-state index contributed by atoms with van der Waals surface area (Å²) in [6.07, 6.45) is -0.0568. The Morgan fingerprint density at radius 1 is 1.00 bits per heavy atom. The summed E-state index contributed by atoms with van der Waals surface area (Å²) < 4.78 is 16.6. The molecular formula is C17H18O4. The summed E-state index contributed by atoms with van der Waals surface area (Å²) in [6.45, 7) is 1.57. The van der Waals surface area contributed by atoms with Crippen LogP contribution in [0.3, 0.4) is 0 Å². The largest absolute Gasteiger partial charge is 0.493 e. The second-order valence-electron chi connectivity index (χ2n) is 4.87. The van der Waals surface area contributed by atoms with Crippen LogP contribution >= 0.6 is 0 Å². The second kappa shape index (κ2) is 6.50. The van der Waals surface area contributed by atoms with Crippen LogP contribution in [0.4, 0.5) is 0 Å². The van der Waals surface area contributed by atoms with Crippen LogP contribution in [0.2, 0.25) is 0 Å². The maximum absolute atomic E-state index is 10.2. The molecule has 4 heteroatoms. The fourth-order valence-corrected chi connectivity index (χ4v) is 2.24. The standard InChI is InChI=1S/C17H18O4/c18-15(8-9-19-14-4-2-1-3-5-14)13-6-7-16-17(12-13)21-11-10-20-16/h1-7,12,15,18H,8-11H2. The molecule has 0 radical (unpaired) electrons. The number of fused-ring (bicyclic) bond motifs is 1. The summed E-state index contributed by atoms with van der Waals surface area (Å²) in [6, 6.07) is 15.1. The normalized spacial score (nSPS) is 14.5. The van der Waals surface area contributed by atoms with Crippen LogP contribution < -0.4 is 14.2 Å². The van der Waals surface area contributed by atoms with Crippen molar-refractivity contribution >= 4 is 0 Å². The van der Waals surface area contributed by atoms with Gasteiger partial charge in [-0.15, -0.1) is 0 Å². The lowest BCUT2D eigenvalue weighted by molar-refractivity contribution is 0.138. The van der Waals surface area contributed by atoms with Crippen molar-refractivity contribution in [2.75, 3.05) is 19.8 Å². The molecule has 3 rings (SSSR count). The van der Waals surface area contributed by atoms with Gasteiger partial charge in [-0.3, -0.25) is 0 Å². The van der Waals surface area contributed by atoms with E-state index in [1.165, 1.54) is 0 Å². The summed E-state index contributed by atoms with van der Waals surface area (Å²) in [5.41, 5.74) is 0.816. The molecule has 0 fully saturated rings. The lowest BCUT2D eigenvalue weighted by Gasteiger charge is -2.20. The molecule has 0 bridgehead atoms. The molecule has 1 atom stereocenters. The highest BCUT2D eigenvalue weighted by atomic mass is 16.6. The van der Waals surface area contributed by atoms with Crippen molar-refractivity contribution in [1.82, 2.24) is 0 Å². The minimum atomic E-state index is -0.579. The number of hydrogen-bond donors (Lipinski definition) is 1. The van der Waals surface area contributed by atoms with E-state index in [1.54, 1.807) is 0 Å². The number of ether oxygens (including phenoxy) is 3. The molecule has 21 heavy (non-hydrogen) atoms. The Bertz CT molecular complexity index is 583. The van der Waals surface area contributed by atoms with E-state index in [0.29, 0.717) is 32.0 Å². The van der Waals surface area contributed by atoms with Crippen LogP contribution in [0.15, 0.2) is 48.5 Å². The molecule has 4 nitrogen and oxygen atoms in total. The van der Waals surface area contributed by atoms with Gasteiger partial charge in [0.1, 0.15) is 19.0 Å². The first-order chi connectivity index (χ1) is 10.3. The Labute approximate surface area is 123 Å². The zero-order chi connectivity index (χ0) is 14.5. The molecule has 0 amide bonds. The average molecular weight is 286 g/mol. The van der Waals surface area contributed by atoms with Gasteiger partial charge in [0.2, 0.25) is 0 Å². The molecule has 0 saturated heterocycles. The Balaban J connectivity index is 1.56. The van der Waals surface area contributed by atoms with Gasteiger partial charge in [-0.05, 0) is 29.8 Å². The molecule has 110 valence electrons. The molecule has 1 heterocycles. The van der Waals surface area contributed by atoms with E-state index in [0.717, 1.165) is 17.1 Å². The van der Waals surface area contributed by atoms with E-state index in [2.05, 4.69) is 0 Å². The molecule has 1 N–H and O–H groups in total. The van der Waals surface area contributed by atoms with Gasteiger partial charge in [0.25, 0.3) is 0 Å². The van der Waals surface area contributed by atoms with E-state index in [4.69, 9.17) is 14.2 Å². The average Bonchev–Trinajstić information content (AvgIpc) is 2.55. The molecule has 2 aromatic carbocycles. The minimum Gasteiger partial charge on any atom is -0.493 e. The van der Waals surface area contributed by atoms with Crippen LogP contribution in [0.25, 0.3) is 0 Å². The van der Waals surface area contributed by atoms with Crippen LogP contribution in [0.1, 0.15) is 18.1 Å². The molecule has 0 aliphatic carbocycles. The fourth-order valence-electron chi connectivity index (χ4n) is 2.24. The van der Waals surface area contributed by atoms with Crippen molar-refractivity contribution in [3.05, 3.63) is 54.1 Å². The minimum absolute atomic E-state index is 0.458. The topological polar surface area (TPSA) is 47.9 Å². The van der Waals surface area contributed by atoms with E-state index in [1.807, 2.05) is 48.5 Å². The summed E-state index contributed by atoms with van der Waals surface area (Å²) >= 11 is 0. The fraction of sp³-hybridized carbons (Fsp3) is 0.294. The molecule has 1 aliphatic heterocycles. The monoisotopic (exact) mass is 286 g/mol. The number of rotatable bonds is 5. The number of benzene rings is 2. The highest BCUT2D eigenvalue weighted by molar-refractivity contribution is 5.44. The summed E-state index contributed by atoms with van der Waals surface area (Å²) in [7, 11) is 0. The first-order valence-electron chi connectivity index (χ1n) is 7.08. The lowest BCUT2D eigenvalue weighted by atomic mass is 10.1. The molecule has 2 aromatic rings. The predicted octanol–water partition coefficient (Wildman–Crippen LogP) is 2.96. The van der Waals surface area contributed by atoms with Crippen LogP contribution in [-0.2, 0) is 0 Å². The molecule has 0 spiro atoms. The smallest absolute Gasteiger partial charge is 0.161 e. The molecule has 0 saturated carbocycles. The molecule has 1 unspecified atom stereocenters. The highest BCUT2D eigenvalue weighted by Crippen LogP contribution is 2.33. The number of aliphatic hydroxyl groups excluding tert-OH is 1. The van der Waals surface area contributed by atoms with Crippen LogP contribution in [0.5, 0.6) is 17.2 Å². The second-order valence-corrected chi connectivity index (χ2v) is 4.87. The number of aliphatic hydroxyl groups is 1. The number of para-hydroxylation sites is 1. The Morgan fingerprint density at radius 2 is 1.76 bits per heavy atom. The zero-order valence-electron chi connectivity index (χ0n) is 11.7. The zero-order valence-corrected chi connectivity index (χ0v) is 11.7. The number of hydrogen-bond acceptors (Lipinski definition) is 4. The van der Waals surface area contributed by atoms with Gasteiger partial charge >= 0.3 is 0 Å². The van der Waals surface area contributed by atoms with Crippen molar-refractivity contribution in [3.8, 4) is 17.2 Å². The lowest BCUT2D eigenvalue weighted by Crippen LogP contribution is -2.15. The van der Waals surface area contributed by atoms with E-state index in [-0.39, 0.29) is 0 Å². The van der Waals surface area contributed by atoms with Gasteiger partial charge in [0.15, 0.2) is 11.5 Å². The van der Waals surface area contributed by atoms with Gasteiger partial charge in [0, 0.05) is 6.42 Å². The van der Waals surface area contributed by atoms with Crippen molar-refractivity contribution in [3.63, 3.8) is 0 Å². The van der Waals surface area contributed by atoms with Gasteiger partial charge in [0.05, 0.1) is 12.7 Å². The van der Waals surface area contributed by atoms with Crippen molar-refractivity contribution in [1.29, 1.82) is 0 Å². The van der Waals surface area contributed by atoms with Gasteiger partial charge in [-0.1, -0.05) is 24.3 Å². The van der Waals surface area contributed by atoms with Crippen molar-refractivity contribution in [2.45, 2.75) is 12.5 Å². The van der Waals surface area contributed by atoms with E-state index in [9.17, 15) is 5.11 Å². The molecule has 0 aromatic heterocycles. The first kappa shape index (κ1) is 13.8. The molecular weight excluding hydrogens is 268 g/mol. The Morgan fingerprint density at radius 3 is 2.57 bits per heavy atom. The summed E-state index contributed by atoms with van der Waals surface area (Å²) in [5.74, 6) is 2.24. The van der Waals surface area contributed by atoms with E-state index >= 15 is 0 Å². The van der Waals surface area contributed by atoms with Crippen molar-refractivity contribution < 1.29 is 19.3 Å². The summed E-state index contributed by atoms with van der Waals surface area (Å²) in [5, 5.41) is 10.2. The third-order valence-corrected chi connectivity index (χ3v) is 3.35. The maximum Gasteiger partial charge on any atom is 0.161 e. The predicted molar refractivity (Wildman–Crippen MR) is 78.9 cm³/mol. The van der Waals surface area contributed by atoms with Gasteiger partial charge < -0.3 is 19.3 Å². The van der Waals surface area contributed by atoms with Gasteiger partial charge in [-0.2, -0.15) is 0 Å². The third kappa shape index (κ3) is 3.47. The third-order valence-electron chi connectivity index (χ3n) is 3.35. The Kier molecular flexibility index (Phi) is 4.26. The van der Waals surface area contributed by atoms with E-state index < -0.39 is 6.10 Å². The van der Waals surface area contributed by atoms with Crippen molar-refractivity contribution in [2.24, 2.45) is 0 Å². The maximum atomic E-state index is 10.2. The van der Waals surface area contributed by atoms with Gasteiger partial charge in [-0.25, -0.2) is 0 Å².